The summed E-state index contributed by atoms with van der Waals surface area (Å²) in [6.45, 7) is 11.1. The SMILES string of the molecule is CCN(CC(=O)Nc1c(Cl)cccc1Cl)C(=O)Cc1c(C)nn(CC(C)C)c1C. The van der Waals surface area contributed by atoms with E-state index < -0.39 is 0 Å². The van der Waals surface area contributed by atoms with E-state index in [0.29, 0.717) is 28.2 Å². The number of aryl methyl sites for hydroxylation is 1. The van der Waals surface area contributed by atoms with E-state index in [0.717, 1.165) is 23.5 Å². The lowest BCUT2D eigenvalue weighted by atomic mass is 10.1. The molecule has 0 aliphatic carbocycles. The van der Waals surface area contributed by atoms with Crippen LogP contribution < -0.4 is 5.32 Å². The summed E-state index contributed by atoms with van der Waals surface area (Å²) in [5.41, 5.74) is 3.11. The second-order valence-electron chi connectivity index (χ2n) is 7.45. The number of benzene rings is 1. The molecule has 1 N–H and O–H groups in total. The number of amides is 2. The lowest BCUT2D eigenvalue weighted by Gasteiger charge is -2.21. The lowest BCUT2D eigenvalue weighted by Crippen LogP contribution is -2.38. The van der Waals surface area contributed by atoms with Gasteiger partial charge in [-0.1, -0.05) is 43.1 Å². The zero-order chi connectivity index (χ0) is 21.7. The maximum absolute atomic E-state index is 12.9. The van der Waals surface area contributed by atoms with Gasteiger partial charge < -0.3 is 10.2 Å². The Morgan fingerprint density at radius 3 is 2.38 bits per heavy atom. The van der Waals surface area contributed by atoms with Crippen LogP contribution in [0.1, 0.15) is 37.7 Å². The lowest BCUT2D eigenvalue weighted by molar-refractivity contribution is -0.133. The maximum Gasteiger partial charge on any atom is 0.244 e. The van der Waals surface area contributed by atoms with Gasteiger partial charge in [-0.3, -0.25) is 14.3 Å². The molecule has 0 fully saturated rings. The molecule has 0 aliphatic heterocycles. The van der Waals surface area contributed by atoms with E-state index in [1.807, 2.05) is 25.5 Å². The van der Waals surface area contributed by atoms with Gasteiger partial charge in [-0.05, 0) is 38.8 Å². The molecule has 0 bridgehead atoms. The Hall–Kier alpha value is -2.05. The number of hydrogen-bond donors (Lipinski definition) is 1. The summed E-state index contributed by atoms with van der Waals surface area (Å²) < 4.78 is 1.95. The summed E-state index contributed by atoms with van der Waals surface area (Å²) in [5, 5.41) is 7.96. The molecule has 29 heavy (non-hydrogen) atoms. The van der Waals surface area contributed by atoms with Crippen LogP contribution in [0.2, 0.25) is 10.0 Å². The average molecular weight is 439 g/mol. The van der Waals surface area contributed by atoms with Gasteiger partial charge in [0.2, 0.25) is 11.8 Å². The molecular formula is C21H28Cl2N4O2. The number of carbonyl (C=O) groups excluding carboxylic acids is 2. The number of carbonyl (C=O) groups is 2. The Morgan fingerprint density at radius 1 is 1.21 bits per heavy atom. The molecule has 6 nitrogen and oxygen atoms in total. The molecule has 0 aliphatic rings. The number of halogens is 2. The molecular weight excluding hydrogens is 411 g/mol. The first-order valence-corrected chi connectivity index (χ1v) is 10.4. The molecule has 0 atom stereocenters. The molecule has 8 heteroatoms. The molecule has 1 aromatic heterocycles. The van der Waals surface area contributed by atoms with Gasteiger partial charge in [-0.25, -0.2) is 0 Å². The Morgan fingerprint density at radius 2 is 1.83 bits per heavy atom. The van der Waals surface area contributed by atoms with E-state index in [4.69, 9.17) is 23.2 Å². The molecule has 0 saturated carbocycles. The highest BCUT2D eigenvalue weighted by molar-refractivity contribution is 6.39. The zero-order valence-electron chi connectivity index (χ0n) is 17.6. The van der Waals surface area contributed by atoms with Crippen molar-refractivity contribution in [3.8, 4) is 0 Å². The number of nitrogens with one attached hydrogen (secondary N) is 1. The smallest absolute Gasteiger partial charge is 0.244 e. The Balaban J connectivity index is 2.07. The largest absolute Gasteiger partial charge is 0.333 e. The summed E-state index contributed by atoms with van der Waals surface area (Å²) in [7, 11) is 0. The van der Waals surface area contributed by atoms with Gasteiger partial charge in [0.25, 0.3) is 0 Å². The van der Waals surface area contributed by atoms with Crippen molar-refractivity contribution in [3.63, 3.8) is 0 Å². The van der Waals surface area contributed by atoms with Gasteiger partial charge in [0.1, 0.15) is 0 Å². The average Bonchev–Trinajstić information content (AvgIpc) is 2.89. The summed E-state index contributed by atoms with van der Waals surface area (Å²) >= 11 is 12.2. The quantitative estimate of drug-likeness (QED) is 0.659. The third kappa shape index (κ3) is 5.97. The van der Waals surface area contributed by atoms with Crippen molar-refractivity contribution in [1.82, 2.24) is 14.7 Å². The highest BCUT2D eigenvalue weighted by Gasteiger charge is 2.21. The minimum Gasteiger partial charge on any atom is -0.333 e. The Bertz CT molecular complexity index is 873. The monoisotopic (exact) mass is 438 g/mol. The van der Waals surface area contributed by atoms with Crippen LogP contribution in [0, 0.1) is 19.8 Å². The van der Waals surface area contributed by atoms with Gasteiger partial charge in [-0.15, -0.1) is 0 Å². The normalized spacial score (nSPS) is 11.0. The van der Waals surface area contributed by atoms with Crippen molar-refractivity contribution in [2.75, 3.05) is 18.4 Å². The summed E-state index contributed by atoms with van der Waals surface area (Å²) in [4.78, 5) is 26.8. The second kappa shape index (κ2) is 10.1. The van der Waals surface area contributed by atoms with Crippen LogP contribution in [0.15, 0.2) is 18.2 Å². The van der Waals surface area contributed by atoms with E-state index in [1.54, 1.807) is 18.2 Å². The maximum atomic E-state index is 12.9. The molecule has 0 unspecified atom stereocenters. The van der Waals surface area contributed by atoms with Crippen LogP contribution in [-0.4, -0.2) is 39.6 Å². The van der Waals surface area contributed by atoms with Gasteiger partial charge in [0.15, 0.2) is 0 Å². The molecule has 0 spiro atoms. The van der Waals surface area contributed by atoms with Gasteiger partial charge in [0, 0.05) is 24.3 Å². The molecule has 158 valence electrons. The molecule has 1 aromatic carbocycles. The fourth-order valence-electron chi connectivity index (χ4n) is 3.12. The first kappa shape index (κ1) is 23.2. The van der Waals surface area contributed by atoms with Crippen LogP contribution >= 0.6 is 23.2 Å². The molecule has 2 aromatic rings. The van der Waals surface area contributed by atoms with E-state index in [-0.39, 0.29) is 24.8 Å². The van der Waals surface area contributed by atoms with Gasteiger partial charge >= 0.3 is 0 Å². The van der Waals surface area contributed by atoms with Crippen molar-refractivity contribution >= 4 is 40.7 Å². The Kier molecular flexibility index (Phi) is 8.11. The van der Waals surface area contributed by atoms with Crippen molar-refractivity contribution in [1.29, 1.82) is 0 Å². The standard InChI is InChI=1S/C21H28Cl2N4O2/c1-6-26(12-19(28)24-21-17(22)8-7-9-18(21)23)20(29)10-16-14(4)25-27(15(16)5)11-13(2)3/h7-9,13H,6,10-12H2,1-5H3,(H,24,28). The van der Waals surface area contributed by atoms with E-state index in [1.165, 1.54) is 4.90 Å². The minimum absolute atomic E-state index is 0.0743. The van der Waals surface area contributed by atoms with Crippen LogP contribution in [0.4, 0.5) is 5.69 Å². The molecule has 0 saturated heterocycles. The van der Waals surface area contributed by atoms with E-state index in [2.05, 4.69) is 24.3 Å². The van der Waals surface area contributed by atoms with Gasteiger partial charge in [-0.2, -0.15) is 5.10 Å². The van der Waals surface area contributed by atoms with E-state index in [9.17, 15) is 9.59 Å². The van der Waals surface area contributed by atoms with Crippen molar-refractivity contribution in [2.24, 2.45) is 5.92 Å². The first-order chi connectivity index (χ1) is 13.6. The first-order valence-electron chi connectivity index (χ1n) is 9.68. The second-order valence-corrected chi connectivity index (χ2v) is 8.27. The molecule has 1 heterocycles. The number of nitrogens with zero attached hydrogens (tertiary/aromatic N) is 3. The third-order valence-electron chi connectivity index (χ3n) is 4.69. The number of para-hydroxylation sites is 1. The Labute approximate surface area is 182 Å². The predicted molar refractivity (Wildman–Crippen MR) is 118 cm³/mol. The van der Waals surface area contributed by atoms with E-state index >= 15 is 0 Å². The molecule has 0 radical (unpaired) electrons. The molecule has 2 amide bonds. The molecule has 2 rings (SSSR count). The van der Waals surface area contributed by atoms with Crippen molar-refractivity contribution in [2.45, 2.75) is 47.6 Å². The minimum atomic E-state index is -0.348. The number of rotatable bonds is 8. The van der Waals surface area contributed by atoms with Crippen LogP contribution in [-0.2, 0) is 22.6 Å². The summed E-state index contributed by atoms with van der Waals surface area (Å²) in [6.07, 6.45) is 0.212. The summed E-state index contributed by atoms with van der Waals surface area (Å²) in [5.74, 6) is -0.00799. The van der Waals surface area contributed by atoms with Gasteiger partial charge in [0.05, 0.1) is 34.4 Å². The number of aromatic nitrogens is 2. The topological polar surface area (TPSA) is 67.2 Å². The number of anilines is 1. The van der Waals surface area contributed by atoms with Crippen molar-refractivity contribution in [3.05, 3.63) is 45.2 Å². The van der Waals surface area contributed by atoms with Crippen LogP contribution in [0.25, 0.3) is 0 Å². The fourth-order valence-corrected chi connectivity index (χ4v) is 3.61. The predicted octanol–water partition coefficient (Wildman–Crippen LogP) is 4.49. The van der Waals surface area contributed by atoms with Crippen LogP contribution in [0.5, 0.6) is 0 Å². The van der Waals surface area contributed by atoms with Crippen molar-refractivity contribution < 1.29 is 9.59 Å². The fraction of sp³-hybridized carbons (Fsp3) is 0.476. The van der Waals surface area contributed by atoms with Crippen LogP contribution in [0.3, 0.4) is 0 Å². The summed E-state index contributed by atoms with van der Waals surface area (Å²) in [6, 6.07) is 4.99. The number of likely N-dealkylation sites (N-methyl/N-ethyl adjacent to an activating group) is 1. The number of hydrogen-bond acceptors (Lipinski definition) is 3. The highest BCUT2D eigenvalue weighted by atomic mass is 35.5. The third-order valence-corrected chi connectivity index (χ3v) is 5.32. The zero-order valence-corrected chi connectivity index (χ0v) is 19.1. The highest BCUT2D eigenvalue weighted by Crippen LogP contribution is 2.29.